The van der Waals surface area contributed by atoms with Crippen LogP contribution in [0.1, 0.15) is 37.3 Å². The van der Waals surface area contributed by atoms with Crippen LogP contribution in [0, 0.1) is 18.7 Å². The van der Waals surface area contributed by atoms with Crippen molar-refractivity contribution in [3.63, 3.8) is 0 Å². The molecule has 0 radical (unpaired) electrons. The third kappa shape index (κ3) is 3.05. The van der Waals surface area contributed by atoms with E-state index in [2.05, 4.69) is 0 Å². The second-order valence-corrected chi connectivity index (χ2v) is 4.53. The summed E-state index contributed by atoms with van der Waals surface area (Å²) < 4.78 is 13.1. The van der Waals surface area contributed by atoms with Gasteiger partial charge in [0, 0.05) is 6.42 Å². The lowest BCUT2D eigenvalue weighted by Gasteiger charge is -2.20. The molecule has 2 nitrogen and oxygen atoms in total. The maximum absolute atomic E-state index is 13.1. The van der Waals surface area contributed by atoms with Crippen molar-refractivity contribution in [3.8, 4) is 0 Å². The topological polar surface area (TPSA) is 43.1 Å². The first-order valence-electron chi connectivity index (χ1n) is 5.46. The minimum Gasteiger partial charge on any atom is -0.370 e. The Balaban J connectivity index is 3.01. The molecular formula is C13H18FNO. The first-order valence-corrected chi connectivity index (χ1v) is 5.46. The fraction of sp³-hybridized carbons (Fsp3) is 0.462. The van der Waals surface area contributed by atoms with Gasteiger partial charge in [0.25, 0.3) is 0 Å². The number of rotatable bonds is 4. The molecule has 0 saturated heterocycles. The largest absolute Gasteiger partial charge is 0.370 e. The Kier molecular flexibility index (Phi) is 4.05. The summed E-state index contributed by atoms with van der Waals surface area (Å²) in [6.45, 7) is 5.79. The van der Waals surface area contributed by atoms with Crippen LogP contribution in [0.2, 0.25) is 0 Å². The van der Waals surface area contributed by atoms with Crippen LogP contribution >= 0.6 is 0 Å². The molecule has 0 bridgehead atoms. The second kappa shape index (κ2) is 5.10. The molecule has 88 valence electrons. The van der Waals surface area contributed by atoms with E-state index in [0.717, 1.165) is 5.56 Å². The number of carbonyl (C=O) groups excluding carboxylic acids is 1. The van der Waals surface area contributed by atoms with Crippen LogP contribution in [-0.2, 0) is 4.79 Å². The van der Waals surface area contributed by atoms with Crippen molar-refractivity contribution in [1.29, 1.82) is 0 Å². The lowest BCUT2D eigenvalue weighted by molar-refractivity contribution is -0.118. The highest BCUT2D eigenvalue weighted by Gasteiger charge is 2.18. The molecule has 1 aromatic rings. The average molecular weight is 223 g/mol. The number of aryl methyl sites for hydroxylation is 1. The molecule has 0 saturated carbocycles. The van der Waals surface area contributed by atoms with E-state index in [0.29, 0.717) is 17.9 Å². The van der Waals surface area contributed by atoms with Gasteiger partial charge in [0.2, 0.25) is 5.91 Å². The predicted molar refractivity (Wildman–Crippen MR) is 62.5 cm³/mol. The fourth-order valence-corrected chi connectivity index (χ4v) is 1.85. The summed E-state index contributed by atoms with van der Waals surface area (Å²) in [6.07, 6.45) is 0.308. The summed E-state index contributed by atoms with van der Waals surface area (Å²) in [4.78, 5) is 11.0. The van der Waals surface area contributed by atoms with E-state index in [1.807, 2.05) is 13.8 Å². The van der Waals surface area contributed by atoms with Crippen molar-refractivity contribution in [2.45, 2.75) is 33.1 Å². The third-order valence-electron chi connectivity index (χ3n) is 2.84. The van der Waals surface area contributed by atoms with Gasteiger partial charge in [0.05, 0.1) is 0 Å². The van der Waals surface area contributed by atoms with Crippen LogP contribution < -0.4 is 5.73 Å². The highest BCUT2D eigenvalue weighted by atomic mass is 19.1. The Labute approximate surface area is 95.7 Å². The predicted octanol–water partition coefficient (Wildman–Crippen LogP) is 2.75. The monoisotopic (exact) mass is 223 g/mol. The summed E-state index contributed by atoms with van der Waals surface area (Å²) in [7, 11) is 0. The van der Waals surface area contributed by atoms with Crippen molar-refractivity contribution in [3.05, 3.63) is 35.1 Å². The molecule has 0 aliphatic carbocycles. The zero-order valence-corrected chi connectivity index (χ0v) is 9.96. The van der Waals surface area contributed by atoms with Crippen molar-refractivity contribution < 1.29 is 9.18 Å². The second-order valence-electron chi connectivity index (χ2n) is 4.53. The number of benzene rings is 1. The molecule has 1 aromatic carbocycles. The molecule has 0 heterocycles. The number of halogens is 1. The van der Waals surface area contributed by atoms with Gasteiger partial charge >= 0.3 is 0 Å². The zero-order valence-electron chi connectivity index (χ0n) is 9.96. The minimum atomic E-state index is -0.319. The van der Waals surface area contributed by atoms with Gasteiger partial charge in [-0.1, -0.05) is 26.0 Å². The van der Waals surface area contributed by atoms with Gasteiger partial charge in [-0.25, -0.2) is 4.39 Å². The maximum Gasteiger partial charge on any atom is 0.218 e. The number of hydrogen-bond donors (Lipinski definition) is 1. The maximum atomic E-state index is 13.1. The van der Waals surface area contributed by atoms with Crippen molar-refractivity contribution in [2.24, 2.45) is 11.7 Å². The van der Waals surface area contributed by atoms with Gasteiger partial charge in [0.15, 0.2) is 0 Å². The van der Waals surface area contributed by atoms with Gasteiger partial charge in [-0.05, 0) is 36.0 Å². The van der Waals surface area contributed by atoms with Crippen LogP contribution in [0.25, 0.3) is 0 Å². The molecule has 0 fully saturated rings. The lowest BCUT2D eigenvalue weighted by atomic mass is 9.85. The van der Waals surface area contributed by atoms with E-state index in [9.17, 15) is 9.18 Å². The molecule has 1 unspecified atom stereocenters. The van der Waals surface area contributed by atoms with E-state index < -0.39 is 0 Å². The Morgan fingerprint density at radius 3 is 2.50 bits per heavy atom. The summed E-state index contributed by atoms with van der Waals surface area (Å²) in [5.74, 6) is -0.167. The number of hydrogen-bond acceptors (Lipinski definition) is 1. The van der Waals surface area contributed by atoms with Gasteiger partial charge < -0.3 is 5.73 Å². The molecule has 1 amide bonds. The van der Waals surface area contributed by atoms with E-state index in [4.69, 9.17) is 5.73 Å². The molecule has 0 aromatic heterocycles. The van der Waals surface area contributed by atoms with Gasteiger partial charge in [-0.15, -0.1) is 0 Å². The number of primary amides is 1. The highest BCUT2D eigenvalue weighted by molar-refractivity contribution is 5.74. The average Bonchev–Trinajstić information content (AvgIpc) is 2.18. The molecule has 1 rings (SSSR count). The standard InChI is InChI=1S/C13H18FNO/c1-8(2)11(7-13(15)16)10-4-5-12(14)9(3)6-10/h4-6,8,11H,7H2,1-3H3,(H2,15,16). The Hall–Kier alpha value is -1.38. The lowest BCUT2D eigenvalue weighted by Crippen LogP contribution is -2.18. The summed E-state index contributed by atoms with van der Waals surface area (Å²) in [5.41, 5.74) is 6.81. The number of carbonyl (C=O) groups is 1. The minimum absolute atomic E-state index is 0.0665. The first kappa shape index (κ1) is 12.7. The van der Waals surface area contributed by atoms with E-state index in [1.165, 1.54) is 6.07 Å². The SMILES string of the molecule is Cc1cc(C(CC(N)=O)C(C)C)ccc1F. The van der Waals surface area contributed by atoms with Gasteiger partial charge in [0.1, 0.15) is 5.82 Å². The van der Waals surface area contributed by atoms with Crippen LogP contribution in [0.3, 0.4) is 0 Å². The zero-order chi connectivity index (χ0) is 12.3. The van der Waals surface area contributed by atoms with Crippen LogP contribution in [0.4, 0.5) is 4.39 Å². The summed E-state index contributed by atoms with van der Waals surface area (Å²) >= 11 is 0. The Morgan fingerprint density at radius 2 is 2.06 bits per heavy atom. The van der Waals surface area contributed by atoms with Crippen LogP contribution in [0.5, 0.6) is 0 Å². The van der Waals surface area contributed by atoms with Crippen LogP contribution in [0.15, 0.2) is 18.2 Å². The summed E-state index contributed by atoms with van der Waals surface area (Å²) in [6, 6.07) is 4.97. The fourth-order valence-electron chi connectivity index (χ4n) is 1.85. The van der Waals surface area contributed by atoms with E-state index in [-0.39, 0.29) is 17.6 Å². The molecule has 0 aliphatic heterocycles. The molecule has 0 spiro atoms. The van der Waals surface area contributed by atoms with E-state index >= 15 is 0 Å². The van der Waals surface area contributed by atoms with E-state index in [1.54, 1.807) is 19.1 Å². The smallest absolute Gasteiger partial charge is 0.218 e. The molecule has 1 atom stereocenters. The normalized spacial score (nSPS) is 12.8. The Bertz CT molecular complexity index is 388. The van der Waals surface area contributed by atoms with Crippen molar-refractivity contribution in [2.75, 3.05) is 0 Å². The van der Waals surface area contributed by atoms with Gasteiger partial charge in [-0.3, -0.25) is 4.79 Å². The molecule has 0 aliphatic rings. The van der Waals surface area contributed by atoms with Crippen LogP contribution in [-0.4, -0.2) is 5.91 Å². The summed E-state index contributed by atoms with van der Waals surface area (Å²) in [5, 5.41) is 0. The first-order chi connectivity index (χ1) is 7.41. The molecular weight excluding hydrogens is 205 g/mol. The third-order valence-corrected chi connectivity index (χ3v) is 2.84. The molecule has 3 heteroatoms. The highest BCUT2D eigenvalue weighted by Crippen LogP contribution is 2.28. The number of amides is 1. The Morgan fingerprint density at radius 1 is 1.44 bits per heavy atom. The number of nitrogens with two attached hydrogens (primary N) is 1. The van der Waals surface area contributed by atoms with Crippen molar-refractivity contribution >= 4 is 5.91 Å². The van der Waals surface area contributed by atoms with Gasteiger partial charge in [-0.2, -0.15) is 0 Å². The molecule has 2 N–H and O–H groups in total. The molecule has 16 heavy (non-hydrogen) atoms. The quantitative estimate of drug-likeness (QED) is 0.838. The van der Waals surface area contributed by atoms with Crippen molar-refractivity contribution in [1.82, 2.24) is 0 Å².